The summed E-state index contributed by atoms with van der Waals surface area (Å²) in [6, 6.07) is 25.8. The molecule has 5 nitrogen and oxygen atoms in total. The molecule has 0 radical (unpaired) electrons. The minimum Gasteiger partial charge on any atom is -0.344 e. The number of nitrogens with one attached hydrogen (secondary N) is 1. The zero-order valence-corrected chi connectivity index (χ0v) is 17.3. The van der Waals surface area contributed by atoms with Gasteiger partial charge in [-0.25, -0.2) is 8.42 Å². The molecule has 0 aliphatic carbocycles. The fourth-order valence-electron chi connectivity index (χ4n) is 3.09. The van der Waals surface area contributed by atoms with E-state index in [1.165, 1.54) is 0 Å². The summed E-state index contributed by atoms with van der Waals surface area (Å²) < 4.78 is 25.7. The number of carbonyl (C=O) groups is 1. The molecule has 0 aliphatic rings. The molecular weight excluding hydrogens is 384 g/mol. The van der Waals surface area contributed by atoms with Crippen LogP contribution in [0.25, 0.3) is 0 Å². The highest BCUT2D eigenvalue weighted by Gasteiger charge is 2.23. The molecule has 0 unspecified atom stereocenters. The molecule has 29 heavy (non-hydrogen) atoms. The number of carbonyl (C=O) groups excluding carboxylic acids is 1. The summed E-state index contributed by atoms with van der Waals surface area (Å²) in [7, 11) is -3.61. The van der Waals surface area contributed by atoms with Crippen molar-refractivity contribution in [1.82, 2.24) is 5.32 Å². The molecule has 3 aromatic carbocycles. The minimum atomic E-state index is -3.61. The zero-order chi connectivity index (χ0) is 20.9. The summed E-state index contributed by atoms with van der Waals surface area (Å²) in [6.45, 7) is 1.71. The van der Waals surface area contributed by atoms with Gasteiger partial charge >= 0.3 is 0 Å². The Kier molecular flexibility index (Phi) is 6.34. The van der Waals surface area contributed by atoms with Gasteiger partial charge in [-0.3, -0.25) is 9.10 Å². The van der Waals surface area contributed by atoms with E-state index in [1.807, 2.05) is 61.5 Å². The Morgan fingerprint density at radius 1 is 0.862 bits per heavy atom. The third-order valence-corrected chi connectivity index (χ3v) is 5.72. The summed E-state index contributed by atoms with van der Waals surface area (Å²) in [5.41, 5.74) is 3.44. The van der Waals surface area contributed by atoms with E-state index in [-0.39, 0.29) is 18.5 Å². The van der Waals surface area contributed by atoms with Gasteiger partial charge in [-0.15, -0.1) is 0 Å². The van der Waals surface area contributed by atoms with Crippen molar-refractivity contribution < 1.29 is 13.2 Å². The number of para-hydroxylation sites is 1. The number of aryl methyl sites for hydroxylation is 1. The maximum atomic E-state index is 12.9. The first-order valence-corrected chi connectivity index (χ1v) is 11.1. The van der Waals surface area contributed by atoms with Crippen molar-refractivity contribution in [3.8, 4) is 0 Å². The van der Waals surface area contributed by atoms with Gasteiger partial charge in [-0.1, -0.05) is 78.4 Å². The molecule has 150 valence electrons. The third-order valence-electron chi connectivity index (χ3n) is 4.58. The molecule has 0 spiro atoms. The Balaban J connectivity index is 1.87. The second-order valence-electron chi connectivity index (χ2n) is 6.93. The highest BCUT2D eigenvalue weighted by atomic mass is 32.2. The predicted molar refractivity (Wildman–Crippen MR) is 116 cm³/mol. The minimum absolute atomic E-state index is 0.294. The quantitative estimate of drug-likeness (QED) is 0.649. The molecule has 3 rings (SSSR count). The number of amides is 1. The maximum absolute atomic E-state index is 12.9. The monoisotopic (exact) mass is 408 g/mol. The highest BCUT2D eigenvalue weighted by Crippen LogP contribution is 2.23. The Bertz CT molecular complexity index is 1050. The number of benzene rings is 3. The first-order valence-electron chi connectivity index (χ1n) is 9.28. The van der Waals surface area contributed by atoms with Crippen LogP contribution >= 0.6 is 0 Å². The lowest BCUT2D eigenvalue weighted by atomic mass is 9.98. The van der Waals surface area contributed by atoms with Gasteiger partial charge in [0.15, 0.2) is 0 Å². The van der Waals surface area contributed by atoms with Gasteiger partial charge < -0.3 is 5.32 Å². The van der Waals surface area contributed by atoms with Crippen LogP contribution in [0.1, 0.15) is 22.7 Å². The van der Waals surface area contributed by atoms with Crippen LogP contribution in [0.3, 0.4) is 0 Å². The first kappa shape index (κ1) is 20.6. The van der Waals surface area contributed by atoms with Crippen molar-refractivity contribution in [2.24, 2.45) is 0 Å². The lowest BCUT2D eigenvalue weighted by molar-refractivity contribution is -0.120. The van der Waals surface area contributed by atoms with Crippen molar-refractivity contribution in [3.63, 3.8) is 0 Å². The van der Waals surface area contributed by atoms with Crippen LogP contribution in [0, 0.1) is 6.92 Å². The molecule has 0 heterocycles. The molecule has 6 heteroatoms. The van der Waals surface area contributed by atoms with Crippen molar-refractivity contribution >= 4 is 21.6 Å². The lowest BCUT2D eigenvalue weighted by Crippen LogP contribution is -2.41. The van der Waals surface area contributed by atoms with Crippen LogP contribution in [-0.2, 0) is 14.8 Å². The number of rotatable bonds is 7. The van der Waals surface area contributed by atoms with Gasteiger partial charge in [-0.2, -0.15) is 0 Å². The number of sulfonamides is 1. The van der Waals surface area contributed by atoms with E-state index in [2.05, 4.69) is 5.32 Å². The smallest absolute Gasteiger partial charge is 0.241 e. The molecule has 1 N–H and O–H groups in total. The molecule has 0 bridgehead atoms. The van der Waals surface area contributed by atoms with Gasteiger partial charge in [0, 0.05) is 0 Å². The van der Waals surface area contributed by atoms with E-state index in [1.54, 1.807) is 30.3 Å². The highest BCUT2D eigenvalue weighted by molar-refractivity contribution is 7.92. The largest absolute Gasteiger partial charge is 0.344 e. The van der Waals surface area contributed by atoms with Crippen LogP contribution < -0.4 is 9.62 Å². The van der Waals surface area contributed by atoms with Gasteiger partial charge in [0.1, 0.15) is 6.54 Å². The predicted octanol–water partition coefficient (Wildman–Crippen LogP) is 3.67. The van der Waals surface area contributed by atoms with E-state index < -0.39 is 10.0 Å². The summed E-state index contributed by atoms with van der Waals surface area (Å²) in [4.78, 5) is 12.9. The molecule has 1 atom stereocenters. The Morgan fingerprint density at radius 3 is 1.93 bits per heavy atom. The molecule has 0 aliphatic heterocycles. The van der Waals surface area contributed by atoms with Crippen molar-refractivity contribution in [2.45, 2.75) is 13.0 Å². The van der Waals surface area contributed by atoms with Gasteiger partial charge in [-0.05, 0) is 30.2 Å². The number of nitrogens with zero attached hydrogens (tertiary/aromatic N) is 1. The average molecular weight is 409 g/mol. The van der Waals surface area contributed by atoms with E-state index in [0.717, 1.165) is 27.3 Å². The lowest BCUT2D eigenvalue weighted by Gasteiger charge is -2.25. The SMILES string of the molecule is Cc1ccc([C@@H](NC(=O)CN(c2ccccc2)S(C)(=O)=O)c2ccccc2)cc1. The van der Waals surface area contributed by atoms with Crippen LogP contribution in [0.5, 0.6) is 0 Å². The summed E-state index contributed by atoms with van der Waals surface area (Å²) in [5, 5.41) is 3.00. The topological polar surface area (TPSA) is 66.5 Å². The summed E-state index contributed by atoms with van der Waals surface area (Å²) >= 11 is 0. The van der Waals surface area contributed by atoms with Gasteiger partial charge in [0.25, 0.3) is 0 Å². The van der Waals surface area contributed by atoms with E-state index in [9.17, 15) is 13.2 Å². The fraction of sp³-hybridized carbons (Fsp3) is 0.174. The Hall–Kier alpha value is -3.12. The second kappa shape index (κ2) is 8.92. The van der Waals surface area contributed by atoms with Crippen LogP contribution in [0.2, 0.25) is 0 Å². The number of hydrogen-bond acceptors (Lipinski definition) is 3. The van der Waals surface area contributed by atoms with Crippen LogP contribution in [-0.4, -0.2) is 27.1 Å². The van der Waals surface area contributed by atoms with E-state index >= 15 is 0 Å². The van der Waals surface area contributed by atoms with Crippen LogP contribution in [0.4, 0.5) is 5.69 Å². The number of hydrogen-bond donors (Lipinski definition) is 1. The molecule has 3 aromatic rings. The molecule has 0 saturated carbocycles. The zero-order valence-electron chi connectivity index (χ0n) is 16.4. The first-order chi connectivity index (χ1) is 13.8. The summed E-state index contributed by atoms with van der Waals surface area (Å²) in [5.74, 6) is -0.381. The van der Waals surface area contributed by atoms with Gasteiger partial charge in [0.2, 0.25) is 15.9 Å². The third kappa shape index (κ3) is 5.45. The van der Waals surface area contributed by atoms with Gasteiger partial charge in [0.05, 0.1) is 18.0 Å². The maximum Gasteiger partial charge on any atom is 0.241 e. The average Bonchev–Trinajstić information content (AvgIpc) is 2.71. The molecule has 0 fully saturated rings. The normalized spacial score (nSPS) is 12.2. The van der Waals surface area contributed by atoms with Crippen molar-refractivity contribution in [2.75, 3.05) is 17.1 Å². The van der Waals surface area contributed by atoms with E-state index in [0.29, 0.717) is 5.69 Å². The summed E-state index contributed by atoms with van der Waals surface area (Å²) in [6.07, 6.45) is 1.10. The van der Waals surface area contributed by atoms with Crippen LogP contribution in [0.15, 0.2) is 84.9 Å². The standard InChI is InChI=1S/C23H24N2O3S/c1-18-13-15-20(16-14-18)23(19-9-5-3-6-10-19)24-22(26)17-25(29(2,27)28)21-11-7-4-8-12-21/h3-16,23H,17H2,1-2H3,(H,24,26)/t23-/m0/s1. The molecular formula is C23H24N2O3S. The second-order valence-corrected chi connectivity index (χ2v) is 8.83. The Morgan fingerprint density at radius 2 is 1.38 bits per heavy atom. The molecule has 0 aromatic heterocycles. The van der Waals surface area contributed by atoms with Crippen molar-refractivity contribution in [1.29, 1.82) is 0 Å². The molecule has 1 amide bonds. The Labute approximate surface area is 172 Å². The van der Waals surface area contributed by atoms with Crippen molar-refractivity contribution in [3.05, 3.63) is 102 Å². The fourth-order valence-corrected chi connectivity index (χ4v) is 3.95. The number of anilines is 1. The molecule has 0 saturated heterocycles. The van der Waals surface area contributed by atoms with E-state index in [4.69, 9.17) is 0 Å².